The number of hydrogen-bond acceptors (Lipinski definition) is 3. The van der Waals surface area contributed by atoms with Gasteiger partial charge in [-0.25, -0.2) is 4.99 Å². The van der Waals surface area contributed by atoms with Gasteiger partial charge >= 0.3 is 0 Å². The molecule has 0 saturated carbocycles. The smallest absolute Gasteiger partial charge is 0.191 e. The number of benzene rings is 1. The SMILES string of the molecule is CCNC(=NCc1cccc(OC)c1)NCC(C)Cn1nc(C)cc1C.I. The molecule has 0 aliphatic carbocycles. The van der Waals surface area contributed by atoms with E-state index < -0.39 is 0 Å². The summed E-state index contributed by atoms with van der Waals surface area (Å²) < 4.78 is 7.34. The third-order valence-electron chi connectivity index (χ3n) is 4.10. The molecule has 1 heterocycles. The van der Waals surface area contributed by atoms with Gasteiger partial charge < -0.3 is 15.4 Å². The highest BCUT2D eigenvalue weighted by Crippen LogP contribution is 2.13. The van der Waals surface area contributed by atoms with Gasteiger partial charge in [0.05, 0.1) is 19.3 Å². The Morgan fingerprint density at radius 3 is 2.67 bits per heavy atom. The molecule has 1 aromatic heterocycles. The standard InChI is InChI=1S/C20H31N5O.HI/c1-6-21-20(23-13-18-8-7-9-19(11-18)26-5)22-12-15(2)14-25-17(4)10-16(3)24-25;/h7-11,15H,6,12-14H2,1-5H3,(H2,21,22,23);1H. The van der Waals surface area contributed by atoms with Gasteiger partial charge in [0.15, 0.2) is 5.96 Å². The van der Waals surface area contributed by atoms with Crippen LogP contribution in [0.4, 0.5) is 0 Å². The monoisotopic (exact) mass is 485 g/mol. The van der Waals surface area contributed by atoms with Crippen molar-refractivity contribution in [2.45, 2.75) is 40.8 Å². The van der Waals surface area contributed by atoms with E-state index in [9.17, 15) is 0 Å². The molecule has 0 spiro atoms. The lowest BCUT2D eigenvalue weighted by molar-refractivity contribution is 0.414. The largest absolute Gasteiger partial charge is 0.497 e. The fourth-order valence-electron chi connectivity index (χ4n) is 2.77. The molecular weight excluding hydrogens is 453 g/mol. The fraction of sp³-hybridized carbons (Fsp3) is 0.500. The predicted octanol–water partition coefficient (Wildman–Crippen LogP) is 3.52. The van der Waals surface area contributed by atoms with Crippen LogP contribution in [0.3, 0.4) is 0 Å². The molecule has 0 aliphatic rings. The van der Waals surface area contributed by atoms with Crippen LogP contribution in [0.2, 0.25) is 0 Å². The van der Waals surface area contributed by atoms with E-state index in [1.54, 1.807) is 7.11 Å². The van der Waals surface area contributed by atoms with Crippen molar-refractivity contribution in [3.05, 3.63) is 47.3 Å². The molecule has 1 aromatic carbocycles. The van der Waals surface area contributed by atoms with Gasteiger partial charge in [-0.3, -0.25) is 4.68 Å². The Bertz CT molecular complexity index is 729. The minimum Gasteiger partial charge on any atom is -0.497 e. The Kier molecular flexibility index (Phi) is 10.2. The highest BCUT2D eigenvalue weighted by Gasteiger charge is 2.08. The van der Waals surface area contributed by atoms with E-state index in [1.807, 2.05) is 25.1 Å². The van der Waals surface area contributed by atoms with E-state index in [2.05, 4.69) is 58.3 Å². The number of nitrogens with one attached hydrogen (secondary N) is 2. The van der Waals surface area contributed by atoms with Crippen molar-refractivity contribution in [3.8, 4) is 5.75 Å². The Hall–Kier alpha value is -1.77. The predicted molar refractivity (Wildman–Crippen MR) is 122 cm³/mol. The van der Waals surface area contributed by atoms with Crippen molar-refractivity contribution in [2.75, 3.05) is 20.2 Å². The second kappa shape index (κ2) is 11.8. The maximum Gasteiger partial charge on any atom is 0.191 e. The third-order valence-corrected chi connectivity index (χ3v) is 4.10. The summed E-state index contributed by atoms with van der Waals surface area (Å²) in [6.07, 6.45) is 0. The molecule has 0 fully saturated rings. The number of nitrogens with zero attached hydrogens (tertiary/aromatic N) is 3. The lowest BCUT2D eigenvalue weighted by atomic mass is 10.2. The first kappa shape index (κ1) is 23.3. The molecule has 2 N–H and O–H groups in total. The van der Waals surface area contributed by atoms with Crippen LogP contribution >= 0.6 is 24.0 Å². The van der Waals surface area contributed by atoms with Crippen LogP contribution in [-0.2, 0) is 13.1 Å². The molecule has 0 radical (unpaired) electrons. The van der Waals surface area contributed by atoms with E-state index in [0.717, 1.165) is 42.6 Å². The van der Waals surface area contributed by atoms with Crippen LogP contribution in [0.5, 0.6) is 5.75 Å². The van der Waals surface area contributed by atoms with Crippen molar-refractivity contribution in [2.24, 2.45) is 10.9 Å². The van der Waals surface area contributed by atoms with Gasteiger partial charge in [-0.15, -0.1) is 24.0 Å². The Morgan fingerprint density at radius 1 is 1.26 bits per heavy atom. The number of guanidine groups is 1. The molecule has 0 saturated heterocycles. The number of halogens is 1. The number of aryl methyl sites for hydroxylation is 2. The second-order valence-electron chi connectivity index (χ2n) is 6.64. The topological polar surface area (TPSA) is 63.5 Å². The van der Waals surface area contributed by atoms with Crippen LogP contribution in [0.15, 0.2) is 35.3 Å². The zero-order chi connectivity index (χ0) is 18.9. The van der Waals surface area contributed by atoms with Gasteiger partial charge in [-0.1, -0.05) is 19.1 Å². The van der Waals surface area contributed by atoms with E-state index in [4.69, 9.17) is 4.74 Å². The van der Waals surface area contributed by atoms with E-state index in [-0.39, 0.29) is 24.0 Å². The van der Waals surface area contributed by atoms with Crippen molar-refractivity contribution >= 4 is 29.9 Å². The molecule has 6 nitrogen and oxygen atoms in total. The fourth-order valence-corrected chi connectivity index (χ4v) is 2.77. The number of hydrogen-bond donors (Lipinski definition) is 2. The molecule has 150 valence electrons. The summed E-state index contributed by atoms with van der Waals surface area (Å²) in [7, 11) is 1.68. The minimum atomic E-state index is 0. The average Bonchev–Trinajstić information content (AvgIpc) is 2.94. The number of methoxy groups -OCH3 is 1. The lowest BCUT2D eigenvalue weighted by Gasteiger charge is -2.16. The second-order valence-corrected chi connectivity index (χ2v) is 6.64. The molecule has 7 heteroatoms. The molecule has 0 amide bonds. The van der Waals surface area contributed by atoms with Crippen molar-refractivity contribution in [3.63, 3.8) is 0 Å². The van der Waals surface area contributed by atoms with Crippen LogP contribution < -0.4 is 15.4 Å². The van der Waals surface area contributed by atoms with Crippen LogP contribution in [0, 0.1) is 19.8 Å². The Labute approximate surface area is 179 Å². The summed E-state index contributed by atoms with van der Waals surface area (Å²) in [6.45, 7) is 11.6. The summed E-state index contributed by atoms with van der Waals surface area (Å²) in [4.78, 5) is 4.68. The summed E-state index contributed by atoms with van der Waals surface area (Å²) in [5.41, 5.74) is 3.39. The maximum atomic E-state index is 5.27. The van der Waals surface area contributed by atoms with E-state index in [1.165, 1.54) is 5.69 Å². The van der Waals surface area contributed by atoms with E-state index >= 15 is 0 Å². The van der Waals surface area contributed by atoms with Crippen molar-refractivity contribution < 1.29 is 4.74 Å². The lowest BCUT2D eigenvalue weighted by Crippen LogP contribution is -2.40. The van der Waals surface area contributed by atoms with Gasteiger partial charge in [0.25, 0.3) is 0 Å². The van der Waals surface area contributed by atoms with Crippen LogP contribution in [-0.4, -0.2) is 35.9 Å². The average molecular weight is 485 g/mol. The number of aromatic nitrogens is 2. The molecular formula is C20H32IN5O. The van der Waals surface area contributed by atoms with Gasteiger partial charge in [0.2, 0.25) is 0 Å². The molecule has 0 aliphatic heterocycles. The third kappa shape index (κ3) is 7.78. The van der Waals surface area contributed by atoms with Gasteiger partial charge in [-0.05, 0) is 50.5 Å². The first-order chi connectivity index (χ1) is 12.5. The molecule has 1 atom stereocenters. The maximum absolute atomic E-state index is 5.27. The van der Waals surface area contributed by atoms with Gasteiger partial charge in [-0.2, -0.15) is 5.10 Å². The van der Waals surface area contributed by atoms with Crippen LogP contribution in [0.1, 0.15) is 30.8 Å². The number of aliphatic imine (C=N–C) groups is 1. The Morgan fingerprint density at radius 2 is 2.04 bits per heavy atom. The van der Waals surface area contributed by atoms with Gasteiger partial charge in [0.1, 0.15) is 5.75 Å². The summed E-state index contributed by atoms with van der Waals surface area (Å²) in [5, 5.41) is 11.3. The normalized spacial score (nSPS) is 12.3. The first-order valence-electron chi connectivity index (χ1n) is 9.18. The van der Waals surface area contributed by atoms with E-state index in [0.29, 0.717) is 12.5 Å². The zero-order valence-corrected chi connectivity index (χ0v) is 19.3. The van der Waals surface area contributed by atoms with Crippen molar-refractivity contribution in [1.29, 1.82) is 0 Å². The highest BCUT2D eigenvalue weighted by molar-refractivity contribution is 14.0. The summed E-state index contributed by atoms with van der Waals surface area (Å²) in [5.74, 6) is 2.12. The highest BCUT2D eigenvalue weighted by atomic mass is 127. The number of rotatable bonds is 8. The first-order valence-corrected chi connectivity index (χ1v) is 9.18. The summed E-state index contributed by atoms with van der Waals surface area (Å²) in [6, 6.07) is 10.1. The van der Waals surface area contributed by atoms with Gasteiger partial charge in [0, 0.05) is 25.3 Å². The molecule has 2 aromatic rings. The van der Waals surface area contributed by atoms with Crippen LogP contribution in [0.25, 0.3) is 0 Å². The molecule has 0 bridgehead atoms. The quantitative estimate of drug-likeness (QED) is 0.341. The number of ether oxygens (including phenoxy) is 1. The van der Waals surface area contributed by atoms with Crippen molar-refractivity contribution in [1.82, 2.24) is 20.4 Å². The molecule has 27 heavy (non-hydrogen) atoms. The minimum absolute atomic E-state index is 0. The zero-order valence-electron chi connectivity index (χ0n) is 17.0. The molecule has 2 rings (SSSR count). The summed E-state index contributed by atoms with van der Waals surface area (Å²) >= 11 is 0. The Balaban J connectivity index is 0.00000364. The molecule has 1 unspecified atom stereocenters.